The molecule has 116 valence electrons. The molecule has 0 aliphatic heterocycles. The largest absolute Gasteiger partial charge is 0.340 e. The molecule has 1 aromatic carbocycles. The molecule has 5 heteroatoms. The number of likely N-dealkylation sites (N-methyl/N-ethyl adjacent to an activating group) is 2. The lowest BCUT2D eigenvalue weighted by molar-refractivity contribution is 0.0786. The number of carbonyl (C=O) groups is 1. The van der Waals surface area contributed by atoms with Gasteiger partial charge in [-0.1, -0.05) is 23.7 Å². The summed E-state index contributed by atoms with van der Waals surface area (Å²) < 4.78 is 0. The minimum Gasteiger partial charge on any atom is -0.340 e. The Balaban J connectivity index is 2.08. The molecule has 4 nitrogen and oxygen atoms in total. The van der Waals surface area contributed by atoms with E-state index in [1.165, 1.54) is 0 Å². The number of benzene rings is 1. The van der Waals surface area contributed by atoms with Crippen LogP contribution in [-0.2, 0) is 0 Å². The van der Waals surface area contributed by atoms with E-state index in [2.05, 4.69) is 9.88 Å². The lowest BCUT2D eigenvalue weighted by Gasteiger charge is -2.19. The van der Waals surface area contributed by atoms with Crippen LogP contribution < -0.4 is 0 Å². The number of halogens is 1. The van der Waals surface area contributed by atoms with Gasteiger partial charge in [0.15, 0.2) is 0 Å². The first-order valence-corrected chi connectivity index (χ1v) is 7.47. The van der Waals surface area contributed by atoms with Crippen LogP contribution in [0.3, 0.4) is 0 Å². The van der Waals surface area contributed by atoms with Crippen molar-refractivity contribution in [2.24, 2.45) is 0 Å². The number of amides is 1. The summed E-state index contributed by atoms with van der Waals surface area (Å²) in [4.78, 5) is 20.4. The topological polar surface area (TPSA) is 36.4 Å². The molecule has 1 amide bonds. The van der Waals surface area contributed by atoms with Gasteiger partial charge in [-0.25, -0.2) is 0 Å². The van der Waals surface area contributed by atoms with E-state index in [4.69, 9.17) is 11.6 Å². The highest BCUT2D eigenvalue weighted by atomic mass is 35.5. The van der Waals surface area contributed by atoms with E-state index >= 15 is 0 Å². The maximum Gasteiger partial charge on any atom is 0.253 e. The van der Waals surface area contributed by atoms with E-state index in [0.29, 0.717) is 17.1 Å². The van der Waals surface area contributed by atoms with Gasteiger partial charge in [-0.05, 0) is 38.4 Å². The molecule has 0 bridgehead atoms. The summed E-state index contributed by atoms with van der Waals surface area (Å²) in [5.41, 5.74) is 2.48. The van der Waals surface area contributed by atoms with E-state index in [9.17, 15) is 4.79 Å². The molecule has 0 saturated carbocycles. The fourth-order valence-corrected chi connectivity index (χ4v) is 2.11. The van der Waals surface area contributed by atoms with Gasteiger partial charge in [0.2, 0.25) is 0 Å². The molecule has 2 aromatic rings. The van der Waals surface area contributed by atoms with Gasteiger partial charge < -0.3 is 9.80 Å². The van der Waals surface area contributed by atoms with Gasteiger partial charge in [-0.15, -0.1) is 0 Å². The fraction of sp³-hybridized carbons (Fsp3) is 0.294. The van der Waals surface area contributed by atoms with Crippen LogP contribution in [0.15, 0.2) is 42.6 Å². The molecule has 1 heterocycles. The van der Waals surface area contributed by atoms with E-state index in [1.807, 2.05) is 51.5 Å². The molecular formula is C17H20ClN3O. The molecule has 0 fully saturated rings. The Bertz CT molecular complexity index is 623. The average Bonchev–Trinajstić information content (AvgIpc) is 2.53. The highest BCUT2D eigenvalue weighted by Crippen LogP contribution is 2.19. The molecule has 0 N–H and O–H groups in total. The van der Waals surface area contributed by atoms with Crippen LogP contribution in [0.1, 0.15) is 10.4 Å². The first-order valence-electron chi connectivity index (χ1n) is 7.09. The van der Waals surface area contributed by atoms with Gasteiger partial charge >= 0.3 is 0 Å². The second-order valence-corrected chi connectivity index (χ2v) is 5.91. The molecule has 0 saturated heterocycles. The van der Waals surface area contributed by atoms with Gasteiger partial charge in [0.25, 0.3) is 5.91 Å². The van der Waals surface area contributed by atoms with Crippen molar-refractivity contribution >= 4 is 17.5 Å². The molecule has 0 unspecified atom stereocenters. The van der Waals surface area contributed by atoms with Crippen LogP contribution in [0.2, 0.25) is 5.02 Å². The smallest absolute Gasteiger partial charge is 0.253 e. The first-order chi connectivity index (χ1) is 10.5. The minimum absolute atomic E-state index is 0.0254. The molecular weight excluding hydrogens is 298 g/mol. The summed E-state index contributed by atoms with van der Waals surface area (Å²) in [6.07, 6.45) is 1.62. The Labute approximate surface area is 136 Å². The van der Waals surface area contributed by atoms with Crippen LogP contribution >= 0.6 is 11.6 Å². The van der Waals surface area contributed by atoms with Crippen molar-refractivity contribution in [2.45, 2.75) is 0 Å². The molecule has 0 aliphatic rings. The van der Waals surface area contributed by atoms with Crippen molar-refractivity contribution in [3.63, 3.8) is 0 Å². The Morgan fingerprint density at radius 1 is 1.05 bits per heavy atom. The van der Waals surface area contributed by atoms with E-state index < -0.39 is 0 Å². The first kappa shape index (κ1) is 16.5. The summed E-state index contributed by atoms with van der Waals surface area (Å²) >= 11 is 5.84. The summed E-state index contributed by atoms with van der Waals surface area (Å²) in [7, 11) is 5.80. The monoisotopic (exact) mass is 317 g/mol. The molecule has 0 spiro atoms. The molecule has 22 heavy (non-hydrogen) atoms. The number of hydrogen-bond donors (Lipinski definition) is 0. The second-order valence-electron chi connectivity index (χ2n) is 5.47. The lowest BCUT2D eigenvalue weighted by Crippen LogP contribution is -2.33. The van der Waals surface area contributed by atoms with Crippen molar-refractivity contribution in [2.75, 3.05) is 34.2 Å². The van der Waals surface area contributed by atoms with Crippen LogP contribution in [-0.4, -0.2) is 54.9 Å². The normalized spacial score (nSPS) is 10.8. The number of carbonyl (C=O) groups excluding carboxylic acids is 1. The van der Waals surface area contributed by atoms with Crippen molar-refractivity contribution in [1.82, 2.24) is 14.8 Å². The molecule has 0 atom stereocenters. The third-order valence-electron chi connectivity index (χ3n) is 3.38. The standard InChI is InChI=1S/C17H20ClN3O/c1-20(2)10-11-21(3)17(22)14-6-4-13(5-7-14)16-9-8-15(18)12-19-16/h4-9,12H,10-11H2,1-3H3. The van der Waals surface area contributed by atoms with E-state index in [1.54, 1.807) is 17.2 Å². The maximum atomic E-state index is 12.3. The minimum atomic E-state index is 0.0254. The predicted octanol–water partition coefficient (Wildman–Crippen LogP) is 3.04. The molecule has 0 radical (unpaired) electrons. The second kappa shape index (κ2) is 7.38. The van der Waals surface area contributed by atoms with Crippen molar-refractivity contribution in [3.05, 3.63) is 53.2 Å². The van der Waals surface area contributed by atoms with Crippen LogP contribution in [0.5, 0.6) is 0 Å². The average molecular weight is 318 g/mol. The van der Waals surface area contributed by atoms with Crippen LogP contribution in [0.4, 0.5) is 0 Å². The number of rotatable bonds is 5. The summed E-state index contributed by atoms with van der Waals surface area (Å²) in [6.45, 7) is 1.54. The van der Waals surface area contributed by atoms with Gasteiger partial charge in [0, 0.05) is 37.5 Å². The fourth-order valence-electron chi connectivity index (χ4n) is 2.00. The van der Waals surface area contributed by atoms with E-state index in [0.717, 1.165) is 17.8 Å². The predicted molar refractivity (Wildman–Crippen MR) is 90.2 cm³/mol. The summed E-state index contributed by atoms with van der Waals surface area (Å²) in [6, 6.07) is 11.1. The van der Waals surface area contributed by atoms with Crippen molar-refractivity contribution in [3.8, 4) is 11.3 Å². The third-order valence-corrected chi connectivity index (χ3v) is 3.61. The molecule has 2 rings (SSSR count). The Hall–Kier alpha value is -1.91. The van der Waals surface area contributed by atoms with Crippen LogP contribution in [0, 0.1) is 0 Å². The SMILES string of the molecule is CN(C)CCN(C)C(=O)c1ccc(-c2ccc(Cl)cn2)cc1. The Morgan fingerprint density at radius 2 is 1.73 bits per heavy atom. The number of hydrogen-bond acceptors (Lipinski definition) is 3. The Morgan fingerprint density at radius 3 is 2.27 bits per heavy atom. The van der Waals surface area contributed by atoms with Crippen molar-refractivity contribution < 1.29 is 4.79 Å². The van der Waals surface area contributed by atoms with Crippen LogP contribution in [0.25, 0.3) is 11.3 Å². The summed E-state index contributed by atoms with van der Waals surface area (Å²) in [5.74, 6) is 0.0254. The zero-order valence-electron chi connectivity index (χ0n) is 13.1. The number of aromatic nitrogens is 1. The highest BCUT2D eigenvalue weighted by molar-refractivity contribution is 6.30. The summed E-state index contributed by atoms with van der Waals surface area (Å²) in [5, 5.41) is 0.609. The van der Waals surface area contributed by atoms with E-state index in [-0.39, 0.29) is 5.91 Å². The van der Waals surface area contributed by atoms with Gasteiger partial charge in [0.05, 0.1) is 10.7 Å². The van der Waals surface area contributed by atoms with Gasteiger partial charge in [-0.2, -0.15) is 0 Å². The quantitative estimate of drug-likeness (QED) is 0.850. The van der Waals surface area contributed by atoms with Gasteiger partial charge in [0.1, 0.15) is 0 Å². The maximum absolute atomic E-state index is 12.3. The Kier molecular flexibility index (Phi) is 5.52. The van der Waals surface area contributed by atoms with Gasteiger partial charge in [-0.3, -0.25) is 9.78 Å². The lowest BCUT2D eigenvalue weighted by atomic mass is 10.1. The third kappa shape index (κ3) is 4.29. The number of pyridine rings is 1. The number of nitrogens with zero attached hydrogens (tertiary/aromatic N) is 3. The zero-order chi connectivity index (χ0) is 16.1. The highest BCUT2D eigenvalue weighted by Gasteiger charge is 2.11. The molecule has 0 aliphatic carbocycles. The van der Waals surface area contributed by atoms with Crippen molar-refractivity contribution in [1.29, 1.82) is 0 Å². The zero-order valence-corrected chi connectivity index (χ0v) is 13.8. The molecule has 1 aromatic heterocycles.